The van der Waals surface area contributed by atoms with Gasteiger partial charge in [0.1, 0.15) is 18.0 Å². The number of nitriles is 1. The van der Waals surface area contributed by atoms with E-state index in [1.54, 1.807) is 6.07 Å². The fourth-order valence-corrected chi connectivity index (χ4v) is 3.16. The van der Waals surface area contributed by atoms with Gasteiger partial charge in [0.05, 0.1) is 17.3 Å². The molecule has 0 saturated carbocycles. The van der Waals surface area contributed by atoms with Crippen molar-refractivity contribution < 1.29 is 14.3 Å². The van der Waals surface area contributed by atoms with Crippen LogP contribution in [0, 0.1) is 11.3 Å². The van der Waals surface area contributed by atoms with Crippen LogP contribution in [0.25, 0.3) is 4.96 Å². The fraction of sp³-hybridized carbons (Fsp3) is 0.222. The zero-order valence-electron chi connectivity index (χ0n) is 14.8. The second-order valence-corrected chi connectivity index (χ2v) is 6.71. The summed E-state index contributed by atoms with van der Waals surface area (Å²) < 4.78 is 6.45. The fourth-order valence-electron chi connectivity index (χ4n) is 2.30. The maximum absolute atomic E-state index is 12.2. The molecule has 1 aromatic carbocycles. The topological polar surface area (TPSA) is 126 Å². The van der Waals surface area contributed by atoms with E-state index < -0.39 is 11.9 Å². The molecule has 0 aliphatic rings. The monoisotopic (exact) mass is 397 g/mol. The van der Waals surface area contributed by atoms with Gasteiger partial charge in [0.25, 0.3) is 5.56 Å². The number of carbonyl (C=O) groups excluding carboxylic acids is 2. The number of aromatic nitrogens is 3. The zero-order chi connectivity index (χ0) is 20.1. The third kappa shape index (κ3) is 4.39. The Bertz CT molecular complexity index is 1130. The van der Waals surface area contributed by atoms with Crippen molar-refractivity contribution in [2.45, 2.75) is 26.4 Å². The summed E-state index contributed by atoms with van der Waals surface area (Å²) in [5, 5.41) is 16.0. The zero-order valence-corrected chi connectivity index (χ0v) is 15.7. The number of hydrogen-bond donors (Lipinski definition) is 1. The van der Waals surface area contributed by atoms with Gasteiger partial charge in [-0.1, -0.05) is 18.3 Å². The molecule has 3 rings (SSSR count). The molecule has 9 nitrogen and oxygen atoms in total. The summed E-state index contributed by atoms with van der Waals surface area (Å²) in [6, 6.07) is 9.09. The lowest BCUT2D eigenvalue weighted by molar-refractivity contribution is -0.115. The van der Waals surface area contributed by atoms with E-state index in [2.05, 4.69) is 15.4 Å². The molecule has 1 amide bonds. The molecule has 3 aromatic rings. The molecule has 0 aliphatic carbocycles. The summed E-state index contributed by atoms with van der Waals surface area (Å²) in [5.41, 5.74) is 0.755. The first-order valence-electron chi connectivity index (χ1n) is 8.33. The Morgan fingerprint density at radius 3 is 2.75 bits per heavy atom. The predicted molar refractivity (Wildman–Crippen MR) is 101 cm³/mol. The molecule has 2 aromatic heterocycles. The third-order valence-electron chi connectivity index (χ3n) is 3.64. The number of esters is 1. The molecule has 1 N–H and O–H groups in total. The lowest BCUT2D eigenvalue weighted by Crippen LogP contribution is -2.16. The van der Waals surface area contributed by atoms with E-state index in [0.29, 0.717) is 22.8 Å². The first-order valence-corrected chi connectivity index (χ1v) is 9.14. The maximum Gasteiger partial charge on any atom is 0.338 e. The number of ether oxygens (including phenoxy) is 1. The van der Waals surface area contributed by atoms with Crippen molar-refractivity contribution in [2.75, 3.05) is 5.32 Å². The Morgan fingerprint density at radius 2 is 2.07 bits per heavy atom. The van der Waals surface area contributed by atoms with E-state index >= 15 is 0 Å². The maximum atomic E-state index is 12.2. The molecule has 0 saturated heterocycles. The summed E-state index contributed by atoms with van der Waals surface area (Å²) in [6.45, 7) is 1.79. The molecule has 0 unspecified atom stereocenters. The number of rotatable bonds is 6. The van der Waals surface area contributed by atoms with Crippen LogP contribution in [-0.4, -0.2) is 26.5 Å². The van der Waals surface area contributed by atoms with Crippen LogP contribution in [0.3, 0.4) is 0 Å². The van der Waals surface area contributed by atoms with Crippen molar-refractivity contribution in [1.82, 2.24) is 14.6 Å². The predicted octanol–water partition coefficient (Wildman–Crippen LogP) is 1.92. The van der Waals surface area contributed by atoms with E-state index in [0.717, 1.165) is 5.01 Å². The van der Waals surface area contributed by atoms with Crippen LogP contribution >= 0.6 is 11.3 Å². The van der Waals surface area contributed by atoms with Gasteiger partial charge < -0.3 is 10.1 Å². The number of benzene rings is 1. The molecular formula is C18H15N5O4S. The highest BCUT2D eigenvalue weighted by molar-refractivity contribution is 7.16. The summed E-state index contributed by atoms with van der Waals surface area (Å²) in [6.07, 6.45) is 0.450. The van der Waals surface area contributed by atoms with E-state index in [1.165, 1.54) is 46.2 Å². The van der Waals surface area contributed by atoms with Crippen molar-refractivity contribution in [3.8, 4) is 6.07 Å². The number of nitrogens with one attached hydrogen (secondary N) is 1. The van der Waals surface area contributed by atoms with Crippen molar-refractivity contribution >= 4 is 33.9 Å². The Balaban J connectivity index is 1.65. The lowest BCUT2D eigenvalue weighted by atomic mass is 10.2. The number of carbonyl (C=O) groups is 2. The van der Waals surface area contributed by atoms with E-state index in [-0.39, 0.29) is 24.2 Å². The van der Waals surface area contributed by atoms with Gasteiger partial charge >= 0.3 is 5.97 Å². The van der Waals surface area contributed by atoms with Crippen LogP contribution in [0.1, 0.15) is 34.4 Å². The molecule has 0 spiro atoms. The molecule has 0 radical (unpaired) electrons. The van der Waals surface area contributed by atoms with Crippen LogP contribution < -0.4 is 10.9 Å². The molecule has 2 heterocycles. The normalized spacial score (nSPS) is 10.4. The quantitative estimate of drug-likeness (QED) is 0.630. The Morgan fingerprint density at radius 1 is 1.32 bits per heavy atom. The molecule has 0 fully saturated rings. The van der Waals surface area contributed by atoms with Crippen LogP contribution in [-0.2, 0) is 22.6 Å². The highest BCUT2D eigenvalue weighted by Crippen LogP contribution is 2.14. The number of hydrogen-bond acceptors (Lipinski definition) is 8. The molecule has 142 valence electrons. The molecule has 0 bridgehead atoms. The Labute approximate surface area is 163 Å². The summed E-state index contributed by atoms with van der Waals surface area (Å²) >= 11 is 1.31. The lowest BCUT2D eigenvalue weighted by Gasteiger charge is -2.06. The SMILES string of the molecule is CCc1nn2c(=O)cc(COC(=O)c3ccc(NC(=O)CC#N)cc3)nc2s1. The second kappa shape index (κ2) is 8.41. The highest BCUT2D eigenvalue weighted by Gasteiger charge is 2.12. The Hall–Kier alpha value is -3.58. The van der Waals surface area contributed by atoms with Gasteiger partial charge in [0, 0.05) is 11.8 Å². The second-order valence-electron chi connectivity index (χ2n) is 5.67. The van der Waals surface area contributed by atoms with E-state index in [1.807, 2.05) is 6.92 Å². The minimum atomic E-state index is -0.588. The van der Waals surface area contributed by atoms with Crippen molar-refractivity contribution in [3.63, 3.8) is 0 Å². The molecular weight excluding hydrogens is 382 g/mol. The Kier molecular flexibility index (Phi) is 5.76. The number of aryl methyl sites for hydroxylation is 1. The van der Waals surface area contributed by atoms with Crippen LogP contribution in [0.5, 0.6) is 0 Å². The van der Waals surface area contributed by atoms with Gasteiger partial charge in [-0.15, -0.1) is 0 Å². The third-order valence-corrected chi connectivity index (χ3v) is 4.69. The average Bonchev–Trinajstić information content (AvgIpc) is 3.11. The van der Waals surface area contributed by atoms with Crippen molar-refractivity contribution in [1.29, 1.82) is 5.26 Å². The van der Waals surface area contributed by atoms with Gasteiger partial charge in [-0.2, -0.15) is 14.9 Å². The molecule has 10 heteroatoms. The van der Waals surface area contributed by atoms with E-state index in [4.69, 9.17) is 10.00 Å². The van der Waals surface area contributed by atoms with Crippen LogP contribution in [0.4, 0.5) is 5.69 Å². The minimum absolute atomic E-state index is 0.148. The molecule has 0 atom stereocenters. The molecule has 0 aliphatic heterocycles. The summed E-state index contributed by atoms with van der Waals surface area (Å²) in [4.78, 5) is 40.4. The molecule has 28 heavy (non-hydrogen) atoms. The minimum Gasteiger partial charge on any atom is -0.456 e. The standard InChI is InChI=1S/C18H15N5O4S/c1-2-15-22-23-16(25)9-13(21-18(23)28-15)10-27-17(26)11-3-5-12(6-4-11)20-14(24)7-8-19/h3-6,9H,2,7,10H2,1H3,(H,20,24). The van der Waals surface area contributed by atoms with Gasteiger partial charge in [-0.3, -0.25) is 9.59 Å². The van der Waals surface area contributed by atoms with Crippen LogP contribution in [0.15, 0.2) is 35.1 Å². The number of anilines is 1. The number of amides is 1. The van der Waals surface area contributed by atoms with Gasteiger partial charge in [-0.25, -0.2) is 9.78 Å². The summed E-state index contributed by atoms with van der Waals surface area (Å²) in [5.74, 6) is -1.02. The average molecular weight is 397 g/mol. The highest BCUT2D eigenvalue weighted by atomic mass is 32.1. The summed E-state index contributed by atoms with van der Waals surface area (Å²) in [7, 11) is 0. The van der Waals surface area contributed by atoms with Crippen LogP contribution in [0.2, 0.25) is 0 Å². The van der Waals surface area contributed by atoms with Crippen molar-refractivity contribution in [3.05, 3.63) is 57.0 Å². The number of fused-ring (bicyclic) bond motifs is 1. The number of nitrogens with zero attached hydrogens (tertiary/aromatic N) is 4. The van der Waals surface area contributed by atoms with E-state index in [9.17, 15) is 14.4 Å². The first kappa shape index (κ1) is 19.2. The first-order chi connectivity index (χ1) is 13.5. The van der Waals surface area contributed by atoms with Gasteiger partial charge in [-0.05, 0) is 30.7 Å². The van der Waals surface area contributed by atoms with Crippen molar-refractivity contribution in [2.24, 2.45) is 0 Å². The van der Waals surface area contributed by atoms with Gasteiger partial charge in [0.15, 0.2) is 0 Å². The van der Waals surface area contributed by atoms with Gasteiger partial charge in [0.2, 0.25) is 10.9 Å². The largest absolute Gasteiger partial charge is 0.456 e. The smallest absolute Gasteiger partial charge is 0.338 e.